The van der Waals surface area contributed by atoms with Gasteiger partial charge in [0, 0.05) is 6.42 Å². The molecule has 0 radical (unpaired) electrons. The Labute approximate surface area is 202 Å². The summed E-state index contributed by atoms with van der Waals surface area (Å²) >= 11 is 13.0. The average molecular weight is 523 g/mol. The Bertz CT molecular complexity index is 1630. The van der Waals surface area contributed by atoms with E-state index in [1.807, 2.05) is 6.92 Å². The van der Waals surface area contributed by atoms with Crippen molar-refractivity contribution in [2.45, 2.75) is 17.6 Å². The van der Waals surface area contributed by atoms with Crippen molar-refractivity contribution in [3.05, 3.63) is 89.9 Å². The number of hydrogen-bond donors (Lipinski definition) is 1. The van der Waals surface area contributed by atoms with E-state index in [9.17, 15) is 22.8 Å². The number of aromatic amines is 1. The van der Waals surface area contributed by atoms with Gasteiger partial charge in [0.2, 0.25) is 0 Å². The number of aryl methyl sites for hydroxylation is 1. The van der Waals surface area contributed by atoms with Crippen LogP contribution in [-0.2, 0) is 21.1 Å². The highest BCUT2D eigenvalue weighted by Crippen LogP contribution is 2.27. The predicted molar refractivity (Wildman–Crippen MR) is 130 cm³/mol. The van der Waals surface area contributed by atoms with E-state index < -0.39 is 32.6 Å². The monoisotopic (exact) mass is 522 g/mol. The summed E-state index contributed by atoms with van der Waals surface area (Å²) in [6.07, 6.45) is -0.180. The van der Waals surface area contributed by atoms with Gasteiger partial charge in [-0.15, -0.1) is 11.3 Å². The highest BCUT2D eigenvalue weighted by Gasteiger charge is 2.22. The fourth-order valence-corrected chi connectivity index (χ4v) is 6.51. The van der Waals surface area contributed by atoms with Crippen LogP contribution in [0.3, 0.4) is 0 Å². The van der Waals surface area contributed by atoms with Crippen LogP contribution in [0.5, 0.6) is 0 Å². The molecular weight excluding hydrogens is 507 g/mol. The molecular formula is C22H16Cl2N2O5S2. The van der Waals surface area contributed by atoms with Crippen LogP contribution < -0.4 is 11.2 Å². The van der Waals surface area contributed by atoms with Crippen LogP contribution in [0.1, 0.15) is 11.1 Å². The first kappa shape index (κ1) is 23.4. The fourth-order valence-electron chi connectivity index (χ4n) is 3.41. The van der Waals surface area contributed by atoms with Crippen molar-refractivity contribution >= 4 is 61.1 Å². The van der Waals surface area contributed by atoms with Gasteiger partial charge in [0.15, 0.2) is 15.6 Å². The van der Waals surface area contributed by atoms with Crippen molar-refractivity contribution < 1.29 is 13.2 Å². The van der Waals surface area contributed by atoms with Crippen molar-refractivity contribution in [1.82, 2.24) is 9.55 Å². The molecule has 0 saturated carbocycles. The van der Waals surface area contributed by atoms with Gasteiger partial charge in [-0.1, -0.05) is 40.9 Å². The predicted octanol–water partition coefficient (Wildman–Crippen LogP) is 3.94. The minimum Gasteiger partial charge on any atom is -0.306 e. The van der Waals surface area contributed by atoms with Crippen molar-refractivity contribution in [3.8, 4) is 5.69 Å². The molecule has 4 aromatic rings. The van der Waals surface area contributed by atoms with Crippen molar-refractivity contribution in [2.75, 3.05) is 5.75 Å². The lowest BCUT2D eigenvalue weighted by Crippen LogP contribution is -2.33. The maximum absolute atomic E-state index is 13.0. The number of Topliss-reactive ketones (excluding diaryl/α,β-unsaturated/α-hetero) is 1. The third-order valence-electron chi connectivity index (χ3n) is 4.91. The Morgan fingerprint density at radius 3 is 2.48 bits per heavy atom. The van der Waals surface area contributed by atoms with E-state index in [1.54, 1.807) is 18.2 Å². The first-order chi connectivity index (χ1) is 15.5. The van der Waals surface area contributed by atoms with Crippen LogP contribution >= 0.6 is 34.5 Å². The van der Waals surface area contributed by atoms with Gasteiger partial charge < -0.3 is 4.98 Å². The van der Waals surface area contributed by atoms with Crippen LogP contribution in [0, 0.1) is 6.92 Å². The maximum Gasteiger partial charge on any atom is 0.333 e. The maximum atomic E-state index is 13.0. The summed E-state index contributed by atoms with van der Waals surface area (Å²) in [5.41, 5.74) is 0.709. The van der Waals surface area contributed by atoms with Crippen molar-refractivity contribution in [3.63, 3.8) is 0 Å². The number of carbonyl (C=O) groups is 1. The van der Waals surface area contributed by atoms with Crippen LogP contribution in [0.15, 0.2) is 62.3 Å². The molecule has 0 fully saturated rings. The largest absolute Gasteiger partial charge is 0.333 e. The molecule has 4 rings (SSSR count). The Hall–Kier alpha value is -2.72. The molecule has 11 heteroatoms. The molecule has 2 heterocycles. The van der Waals surface area contributed by atoms with Crippen LogP contribution in [0.2, 0.25) is 9.36 Å². The molecule has 170 valence electrons. The van der Waals surface area contributed by atoms with Crippen molar-refractivity contribution in [2.24, 2.45) is 0 Å². The quantitative estimate of drug-likeness (QED) is 0.412. The van der Waals surface area contributed by atoms with Crippen LogP contribution in [0.4, 0.5) is 0 Å². The summed E-state index contributed by atoms with van der Waals surface area (Å²) in [7, 11) is -3.79. The van der Waals surface area contributed by atoms with Crippen LogP contribution in [0.25, 0.3) is 16.6 Å². The number of halogens is 2. The number of hydrogen-bond acceptors (Lipinski definition) is 6. The van der Waals surface area contributed by atoms with Gasteiger partial charge in [0.05, 0.1) is 25.9 Å². The Kier molecular flexibility index (Phi) is 6.32. The minimum absolute atomic E-state index is 0.0272. The van der Waals surface area contributed by atoms with Crippen LogP contribution in [-0.4, -0.2) is 29.5 Å². The highest BCUT2D eigenvalue weighted by molar-refractivity contribution is 7.94. The number of sulfone groups is 1. The highest BCUT2D eigenvalue weighted by atomic mass is 35.5. The number of carbonyl (C=O) groups excluding carboxylic acids is 1. The van der Waals surface area contributed by atoms with Gasteiger partial charge in [0.25, 0.3) is 5.56 Å². The lowest BCUT2D eigenvalue weighted by molar-refractivity contribution is -0.116. The molecule has 0 aliphatic carbocycles. The van der Waals surface area contributed by atoms with E-state index >= 15 is 0 Å². The van der Waals surface area contributed by atoms with E-state index in [4.69, 9.17) is 23.2 Å². The van der Waals surface area contributed by atoms with Gasteiger partial charge in [-0.05, 0) is 48.9 Å². The minimum atomic E-state index is -3.79. The van der Waals surface area contributed by atoms with Gasteiger partial charge >= 0.3 is 5.69 Å². The summed E-state index contributed by atoms with van der Waals surface area (Å²) in [6.45, 7) is 1.83. The molecule has 0 bridgehead atoms. The van der Waals surface area contributed by atoms with Gasteiger partial charge in [0.1, 0.15) is 9.96 Å². The van der Waals surface area contributed by atoms with Gasteiger partial charge in [-0.2, -0.15) is 0 Å². The zero-order valence-electron chi connectivity index (χ0n) is 17.1. The first-order valence-electron chi connectivity index (χ1n) is 9.59. The molecule has 0 aliphatic rings. The summed E-state index contributed by atoms with van der Waals surface area (Å²) in [6, 6.07) is 12.4. The topological polar surface area (TPSA) is 106 Å². The zero-order valence-corrected chi connectivity index (χ0v) is 20.2. The van der Waals surface area contributed by atoms with E-state index in [2.05, 4.69) is 4.98 Å². The normalized spacial score (nSPS) is 11.7. The number of rotatable bonds is 6. The lowest BCUT2D eigenvalue weighted by Gasteiger charge is -2.10. The first-order valence-corrected chi connectivity index (χ1v) is 12.8. The number of nitrogens with one attached hydrogen (secondary N) is 1. The molecule has 1 N–H and O–H groups in total. The van der Waals surface area contributed by atoms with E-state index in [0.717, 1.165) is 21.5 Å². The van der Waals surface area contributed by atoms with Gasteiger partial charge in [-0.25, -0.2) is 17.8 Å². The van der Waals surface area contributed by atoms with Crippen molar-refractivity contribution in [1.29, 1.82) is 0 Å². The molecule has 33 heavy (non-hydrogen) atoms. The Balaban J connectivity index is 1.62. The number of aromatic nitrogens is 2. The average Bonchev–Trinajstić information content (AvgIpc) is 3.17. The second-order valence-electron chi connectivity index (χ2n) is 7.44. The second kappa shape index (κ2) is 8.90. The van der Waals surface area contributed by atoms with Gasteiger partial charge in [-0.3, -0.25) is 9.59 Å². The summed E-state index contributed by atoms with van der Waals surface area (Å²) in [5, 5.41) is 0.414. The SMILES string of the molecule is Cc1ccc2[nH]c(=O)n(-c3ccc(CC(=O)CS(=O)(=O)c4ccc(Cl)s4)cc3Cl)c(=O)c2c1. The fraction of sp³-hybridized carbons (Fsp3) is 0.136. The third kappa shape index (κ3) is 4.81. The molecule has 7 nitrogen and oxygen atoms in total. The summed E-state index contributed by atoms with van der Waals surface area (Å²) in [5.74, 6) is -1.20. The number of H-pyrrole nitrogens is 1. The standard InChI is InChI=1S/C22H16Cl2N2O5S2/c1-12-2-4-17-15(8-12)21(28)26(22(29)25-17)18-5-3-13(10-16(18)23)9-14(27)11-33(30,31)20-7-6-19(24)32-20/h2-8,10H,9,11H2,1H3,(H,25,29). The number of thiophene rings is 1. The zero-order chi connectivity index (χ0) is 23.9. The summed E-state index contributed by atoms with van der Waals surface area (Å²) < 4.78 is 26.0. The number of benzene rings is 2. The lowest BCUT2D eigenvalue weighted by atomic mass is 10.1. The molecule has 0 unspecified atom stereocenters. The Morgan fingerprint density at radius 1 is 1.06 bits per heavy atom. The summed E-state index contributed by atoms with van der Waals surface area (Å²) in [4.78, 5) is 40.6. The second-order valence-corrected chi connectivity index (χ2v) is 11.8. The molecule has 2 aromatic carbocycles. The van der Waals surface area contributed by atoms with E-state index in [0.29, 0.717) is 20.8 Å². The third-order valence-corrected chi connectivity index (χ3v) is 8.71. The molecule has 0 atom stereocenters. The molecule has 2 aromatic heterocycles. The van der Waals surface area contributed by atoms with E-state index in [1.165, 1.54) is 30.3 Å². The smallest absolute Gasteiger partial charge is 0.306 e. The Morgan fingerprint density at radius 2 is 1.82 bits per heavy atom. The van der Waals surface area contributed by atoms with E-state index in [-0.39, 0.29) is 21.3 Å². The molecule has 0 saturated heterocycles. The molecule has 0 aliphatic heterocycles. The number of nitrogens with zero attached hydrogens (tertiary/aromatic N) is 1. The molecule has 0 spiro atoms. The molecule has 0 amide bonds. The number of ketones is 1. The number of fused-ring (bicyclic) bond motifs is 1.